The minimum absolute atomic E-state index is 0.286. The third-order valence-electron chi connectivity index (χ3n) is 4.81. The molecule has 0 saturated heterocycles. The SMILES string of the molecule is N/C(Cc1ccccc1)=N\OCC(=O)N1N=C(c2ccc(Cl)cc2)CC1c1ccco1. The summed E-state index contributed by atoms with van der Waals surface area (Å²) in [6, 6.07) is 20.2. The highest BCUT2D eigenvalue weighted by atomic mass is 35.5. The molecule has 0 radical (unpaired) electrons. The minimum atomic E-state index is -0.359. The van der Waals surface area contributed by atoms with Gasteiger partial charge >= 0.3 is 0 Å². The number of hydrogen-bond acceptors (Lipinski definition) is 5. The Morgan fingerprint density at radius 3 is 2.65 bits per heavy atom. The van der Waals surface area contributed by atoms with E-state index in [0.29, 0.717) is 23.6 Å². The summed E-state index contributed by atoms with van der Waals surface area (Å²) in [5, 5.41) is 10.4. The maximum atomic E-state index is 12.8. The van der Waals surface area contributed by atoms with Crippen LogP contribution >= 0.6 is 11.6 Å². The second-order valence-corrected chi connectivity index (χ2v) is 7.48. The Labute approximate surface area is 184 Å². The van der Waals surface area contributed by atoms with Crippen LogP contribution in [0.4, 0.5) is 0 Å². The topological polar surface area (TPSA) is 93.4 Å². The molecule has 1 aliphatic heterocycles. The van der Waals surface area contributed by atoms with Gasteiger partial charge in [0.25, 0.3) is 5.91 Å². The van der Waals surface area contributed by atoms with E-state index < -0.39 is 0 Å². The van der Waals surface area contributed by atoms with E-state index in [4.69, 9.17) is 26.6 Å². The van der Waals surface area contributed by atoms with Crippen LogP contribution < -0.4 is 5.73 Å². The van der Waals surface area contributed by atoms with E-state index in [2.05, 4.69) is 10.3 Å². The number of rotatable bonds is 7. The summed E-state index contributed by atoms with van der Waals surface area (Å²) in [6.45, 7) is -0.288. The van der Waals surface area contributed by atoms with Crippen LogP contribution in [0.15, 0.2) is 87.7 Å². The van der Waals surface area contributed by atoms with Crippen LogP contribution in [0, 0.1) is 0 Å². The lowest BCUT2D eigenvalue weighted by Gasteiger charge is -2.19. The summed E-state index contributed by atoms with van der Waals surface area (Å²) in [6.07, 6.45) is 2.52. The van der Waals surface area contributed by atoms with E-state index in [1.54, 1.807) is 24.5 Å². The fraction of sp³-hybridized carbons (Fsp3) is 0.174. The van der Waals surface area contributed by atoms with E-state index >= 15 is 0 Å². The van der Waals surface area contributed by atoms with Gasteiger partial charge in [-0.3, -0.25) is 4.79 Å². The first-order valence-electron chi connectivity index (χ1n) is 9.77. The first-order chi connectivity index (χ1) is 15.1. The van der Waals surface area contributed by atoms with E-state index in [-0.39, 0.29) is 24.4 Å². The van der Waals surface area contributed by atoms with E-state index in [1.807, 2.05) is 48.5 Å². The van der Waals surface area contributed by atoms with Gasteiger partial charge in [0.05, 0.1) is 12.0 Å². The second-order valence-electron chi connectivity index (χ2n) is 7.05. The number of hydrazone groups is 1. The molecule has 7 nitrogen and oxygen atoms in total. The highest BCUT2D eigenvalue weighted by molar-refractivity contribution is 6.30. The largest absolute Gasteiger partial charge is 0.467 e. The van der Waals surface area contributed by atoms with Gasteiger partial charge in [-0.1, -0.05) is 59.2 Å². The Kier molecular flexibility index (Phi) is 6.33. The third-order valence-corrected chi connectivity index (χ3v) is 5.06. The fourth-order valence-electron chi connectivity index (χ4n) is 3.33. The van der Waals surface area contributed by atoms with Crippen LogP contribution in [0.2, 0.25) is 5.02 Å². The second kappa shape index (κ2) is 9.49. The van der Waals surface area contributed by atoms with Crippen molar-refractivity contribution in [2.24, 2.45) is 16.0 Å². The molecule has 2 aromatic carbocycles. The van der Waals surface area contributed by atoms with Gasteiger partial charge in [0.1, 0.15) is 17.6 Å². The predicted octanol–water partition coefficient (Wildman–Crippen LogP) is 4.14. The fourth-order valence-corrected chi connectivity index (χ4v) is 3.46. The molecule has 0 bridgehead atoms. The molecule has 1 aliphatic rings. The highest BCUT2D eigenvalue weighted by Gasteiger charge is 2.35. The van der Waals surface area contributed by atoms with Gasteiger partial charge in [-0.05, 0) is 35.4 Å². The molecule has 8 heteroatoms. The number of carbonyl (C=O) groups excluding carboxylic acids is 1. The minimum Gasteiger partial charge on any atom is -0.467 e. The number of halogens is 1. The van der Waals surface area contributed by atoms with Crippen LogP contribution in [0.1, 0.15) is 29.3 Å². The first kappa shape index (κ1) is 20.7. The lowest BCUT2D eigenvalue weighted by atomic mass is 10.0. The molecular formula is C23H21ClN4O3. The Hall–Kier alpha value is -3.58. The van der Waals surface area contributed by atoms with Gasteiger partial charge in [0, 0.05) is 17.9 Å². The Morgan fingerprint density at radius 2 is 1.94 bits per heavy atom. The van der Waals surface area contributed by atoms with Gasteiger partial charge < -0.3 is 15.0 Å². The molecule has 1 aromatic heterocycles. The monoisotopic (exact) mass is 436 g/mol. The molecule has 4 rings (SSSR count). The zero-order valence-corrected chi connectivity index (χ0v) is 17.4. The van der Waals surface area contributed by atoms with Crippen molar-refractivity contribution in [3.05, 3.63) is 94.9 Å². The van der Waals surface area contributed by atoms with Crippen molar-refractivity contribution in [1.29, 1.82) is 0 Å². The Balaban J connectivity index is 1.44. The van der Waals surface area contributed by atoms with Crippen LogP contribution in [-0.4, -0.2) is 29.1 Å². The molecule has 1 unspecified atom stereocenters. The smallest absolute Gasteiger partial charge is 0.284 e. The summed E-state index contributed by atoms with van der Waals surface area (Å²) < 4.78 is 5.53. The lowest BCUT2D eigenvalue weighted by molar-refractivity contribution is -0.138. The lowest BCUT2D eigenvalue weighted by Crippen LogP contribution is -2.30. The molecule has 0 fully saturated rings. The number of nitrogens with zero attached hydrogens (tertiary/aromatic N) is 3. The zero-order valence-electron chi connectivity index (χ0n) is 16.6. The van der Waals surface area contributed by atoms with Crippen molar-refractivity contribution in [3.8, 4) is 0 Å². The maximum Gasteiger partial charge on any atom is 0.284 e. The average Bonchev–Trinajstić information content (AvgIpc) is 3.45. The van der Waals surface area contributed by atoms with Crippen LogP contribution in [0.25, 0.3) is 0 Å². The van der Waals surface area contributed by atoms with Crippen molar-refractivity contribution >= 4 is 29.1 Å². The average molecular weight is 437 g/mol. The number of benzene rings is 2. The standard InChI is InChI=1S/C23H21ClN4O3/c24-18-10-8-17(9-11-18)19-14-20(21-7-4-12-30-21)28(26-19)23(29)15-31-27-22(25)13-16-5-2-1-3-6-16/h1-12,20H,13-15H2,(H2,25,27). The molecule has 2 N–H and O–H groups in total. The molecule has 0 spiro atoms. The van der Waals surface area contributed by atoms with Crippen molar-refractivity contribution in [1.82, 2.24) is 5.01 Å². The number of furan rings is 1. The first-order valence-corrected chi connectivity index (χ1v) is 10.1. The number of oxime groups is 1. The maximum absolute atomic E-state index is 12.8. The molecule has 31 heavy (non-hydrogen) atoms. The summed E-state index contributed by atoms with van der Waals surface area (Å²) in [5.41, 5.74) is 8.57. The van der Waals surface area contributed by atoms with E-state index in [9.17, 15) is 4.79 Å². The van der Waals surface area contributed by atoms with Gasteiger partial charge in [0.2, 0.25) is 0 Å². The number of carbonyl (C=O) groups is 1. The van der Waals surface area contributed by atoms with Crippen LogP contribution in [0.5, 0.6) is 0 Å². The predicted molar refractivity (Wildman–Crippen MR) is 119 cm³/mol. The van der Waals surface area contributed by atoms with Crippen molar-refractivity contribution in [2.45, 2.75) is 18.9 Å². The van der Waals surface area contributed by atoms with Crippen molar-refractivity contribution in [2.75, 3.05) is 6.61 Å². The van der Waals surface area contributed by atoms with Gasteiger partial charge in [-0.15, -0.1) is 0 Å². The number of amides is 1. The molecule has 158 valence electrons. The van der Waals surface area contributed by atoms with Crippen molar-refractivity contribution in [3.63, 3.8) is 0 Å². The summed E-state index contributed by atoms with van der Waals surface area (Å²) in [4.78, 5) is 18.1. The molecule has 1 atom stereocenters. The summed E-state index contributed by atoms with van der Waals surface area (Å²) >= 11 is 5.98. The van der Waals surface area contributed by atoms with Gasteiger partial charge in [-0.2, -0.15) is 5.10 Å². The third kappa shape index (κ3) is 5.13. The summed E-state index contributed by atoms with van der Waals surface area (Å²) in [5.74, 6) is 0.586. The van der Waals surface area contributed by atoms with Gasteiger partial charge in [0.15, 0.2) is 6.61 Å². The molecule has 2 heterocycles. The normalized spacial score (nSPS) is 16.3. The zero-order chi connectivity index (χ0) is 21.6. The quantitative estimate of drug-likeness (QED) is 0.342. The molecule has 1 amide bonds. The Morgan fingerprint density at radius 1 is 1.16 bits per heavy atom. The Bertz CT molecular complexity index is 1080. The summed E-state index contributed by atoms with van der Waals surface area (Å²) in [7, 11) is 0. The van der Waals surface area contributed by atoms with Crippen LogP contribution in [0.3, 0.4) is 0 Å². The molecule has 0 aliphatic carbocycles. The number of hydrogen-bond donors (Lipinski definition) is 1. The molecule has 0 saturated carbocycles. The van der Waals surface area contributed by atoms with E-state index in [0.717, 1.165) is 16.8 Å². The molecular weight excluding hydrogens is 416 g/mol. The number of amidine groups is 1. The highest BCUT2D eigenvalue weighted by Crippen LogP contribution is 2.33. The van der Waals surface area contributed by atoms with E-state index in [1.165, 1.54) is 5.01 Å². The van der Waals surface area contributed by atoms with Gasteiger partial charge in [-0.25, -0.2) is 5.01 Å². The molecule has 3 aromatic rings. The van der Waals surface area contributed by atoms with Crippen molar-refractivity contribution < 1.29 is 14.0 Å². The van der Waals surface area contributed by atoms with Crippen LogP contribution in [-0.2, 0) is 16.1 Å². The number of nitrogens with two attached hydrogens (primary N) is 1.